The van der Waals surface area contributed by atoms with E-state index in [-0.39, 0.29) is 11.6 Å². The molecule has 1 saturated heterocycles. The third-order valence-corrected chi connectivity index (χ3v) is 4.63. The summed E-state index contributed by atoms with van der Waals surface area (Å²) in [4.78, 5) is 21.6. The lowest BCUT2D eigenvalue weighted by molar-refractivity contribution is 0.0697. The third kappa shape index (κ3) is 3.70. The van der Waals surface area contributed by atoms with Crippen molar-refractivity contribution in [2.75, 3.05) is 6.54 Å². The van der Waals surface area contributed by atoms with Crippen molar-refractivity contribution in [3.05, 3.63) is 65.4 Å². The van der Waals surface area contributed by atoms with E-state index in [1.807, 2.05) is 12.1 Å². The summed E-state index contributed by atoms with van der Waals surface area (Å²) in [5, 5.41) is 13.0. The molecule has 0 radical (unpaired) electrons. The number of halogens is 1. The topological polar surface area (TPSA) is 92.3 Å². The molecule has 4 rings (SSSR count). The third-order valence-electron chi connectivity index (χ3n) is 4.63. The molecule has 138 valence electrons. The Morgan fingerprint density at radius 3 is 2.78 bits per heavy atom. The Balaban J connectivity index is 1.50. The van der Waals surface area contributed by atoms with Crippen LogP contribution in [0, 0.1) is 5.82 Å². The summed E-state index contributed by atoms with van der Waals surface area (Å²) >= 11 is 0. The molecule has 0 spiro atoms. The number of pyridine rings is 1. The second-order valence-electron chi connectivity index (χ2n) is 6.45. The zero-order valence-corrected chi connectivity index (χ0v) is 14.4. The molecule has 0 aliphatic carbocycles. The lowest BCUT2D eigenvalue weighted by Gasteiger charge is -2.21. The number of hydrogen-bond donors (Lipinski definition) is 1. The highest BCUT2D eigenvalue weighted by Gasteiger charge is 2.31. The average molecular weight is 368 g/mol. The number of carboxylic acid groups (broad SMARTS) is 1. The van der Waals surface area contributed by atoms with Crippen LogP contribution in [0.25, 0.3) is 11.5 Å². The summed E-state index contributed by atoms with van der Waals surface area (Å²) in [6.45, 7) is 1.55. The van der Waals surface area contributed by atoms with Crippen LogP contribution in [0.5, 0.6) is 0 Å². The minimum Gasteiger partial charge on any atom is -0.478 e. The van der Waals surface area contributed by atoms with Gasteiger partial charge in [-0.25, -0.2) is 14.2 Å². The molecular formula is C19H17FN4O3. The molecule has 1 aliphatic heterocycles. The Hall–Kier alpha value is -3.13. The molecule has 1 atom stereocenters. The smallest absolute Gasteiger partial charge is 0.335 e. The van der Waals surface area contributed by atoms with Crippen molar-refractivity contribution in [2.24, 2.45) is 0 Å². The number of rotatable bonds is 5. The Labute approximate surface area is 154 Å². The van der Waals surface area contributed by atoms with Crippen molar-refractivity contribution >= 4 is 5.97 Å². The van der Waals surface area contributed by atoms with Crippen molar-refractivity contribution in [1.82, 2.24) is 20.0 Å². The summed E-state index contributed by atoms with van der Waals surface area (Å²) in [6.07, 6.45) is 3.02. The van der Waals surface area contributed by atoms with E-state index in [0.717, 1.165) is 31.1 Å². The first-order valence-corrected chi connectivity index (χ1v) is 8.62. The van der Waals surface area contributed by atoms with Crippen molar-refractivity contribution in [2.45, 2.75) is 25.4 Å². The van der Waals surface area contributed by atoms with Crippen LogP contribution in [-0.2, 0) is 6.54 Å². The van der Waals surface area contributed by atoms with Gasteiger partial charge in [0, 0.05) is 6.54 Å². The largest absolute Gasteiger partial charge is 0.478 e. The zero-order valence-electron chi connectivity index (χ0n) is 14.4. The van der Waals surface area contributed by atoms with Crippen LogP contribution in [0.4, 0.5) is 4.39 Å². The maximum atomic E-state index is 13.0. The lowest BCUT2D eigenvalue weighted by Crippen LogP contribution is -2.23. The summed E-state index contributed by atoms with van der Waals surface area (Å²) in [5.41, 5.74) is 1.75. The maximum absolute atomic E-state index is 13.0. The highest BCUT2D eigenvalue weighted by molar-refractivity contribution is 5.87. The molecule has 7 nitrogen and oxygen atoms in total. The molecule has 1 aromatic carbocycles. The van der Waals surface area contributed by atoms with Crippen molar-refractivity contribution in [3.8, 4) is 11.5 Å². The highest BCUT2D eigenvalue weighted by Crippen LogP contribution is 2.33. The number of aromatic nitrogens is 3. The van der Waals surface area contributed by atoms with Gasteiger partial charge >= 0.3 is 5.97 Å². The van der Waals surface area contributed by atoms with Gasteiger partial charge in [-0.3, -0.25) is 4.90 Å². The van der Waals surface area contributed by atoms with Crippen molar-refractivity contribution < 1.29 is 18.8 Å². The fraction of sp³-hybridized carbons (Fsp3) is 0.263. The molecule has 2 aromatic heterocycles. The van der Waals surface area contributed by atoms with Crippen LogP contribution >= 0.6 is 0 Å². The Bertz CT molecular complexity index is 940. The van der Waals surface area contributed by atoms with Crippen molar-refractivity contribution in [1.29, 1.82) is 0 Å². The first-order valence-electron chi connectivity index (χ1n) is 8.62. The molecule has 1 fully saturated rings. The van der Waals surface area contributed by atoms with Crippen LogP contribution in [0.1, 0.15) is 40.7 Å². The summed E-state index contributed by atoms with van der Waals surface area (Å²) < 4.78 is 18.5. The van der Waals surface area contributed by atoms with E-state index in [1.165, 1.54) is 12.1 Å². The number of hydrogen-bond acceptors (Lipinski definition) is 6. The molecule has 1 aliphatic rings. The minimum atomic E-state index is -0.937. The van der Waals surface area contributed by atoms with E-state index in [9.17, 15) is 9.18 Å². The zero-order chi connectivity index (χ0) is 18.8. The summed E-state index contributed by atoms with van der Waals surface area (Å²) in [7, 11) is 0. The van der Waals surface area contributed by atoms with Gasteiger partial charge in [-0.15, -0.1) is 0 Å². The molecular weight excluding hydrogens is 351 g/mol. The monoisotopic (exact) mass is 368 g/mol. The van der Waals surface area contributed by atoms with Gasteiger partial charge in [0.1, 0.15) is 11.5 Å². The molecule has 0 bridgehead atoms. The van der Waals surface area contributed by atoms with Crippen LogP contribution in [0.2, 0.25) is 0 Å². The maximum Gasteiger partial charge on any atom is 0.335 e. The fourth-order valence-corrected chi connectivity index (χ4v) is 3.26. The highest BCUT2D eigenvalue weighted by atomic mass is 19.1. The molecule has 3 heterocycles. The van der Waals surface area contributed by atoms with Gasteiger partial charge in [-0.2, -0.15) is 4.98 Å². The van der Waals surface area contributed by atoms with Crippen LogP contribution in [0.3, 0.4) is 0 Å². The van der Waals surface area contributed by atoms with Gasteiger partial charge in [-0.05, 0) is 49.2 Å². The lowest BCUT2D eigenvalue weighted by atomic mass is 10.1. The number of aromatic carboxylic acids is 1. The van der Waals surface area contributed by atoms with E-state index in [1.54, 1.807) is 12.1 Å². The quantitative estimate of drug-likeness (QED) is 0.738. The van der Waals surface area contributed by atoms with Crippen molar-refractivity contribution in [3.63, 3.8) is 0 Å². The number of carboxylic acids is 1. The first kappa shape index (κ1) is 17.3. The second kappa shape index (κ2) is 7.24. The standard InChI is InChI=1S/C19H17FN4O3/c20-14-7-8-15(21-10-14)17-22-18(27-23-17)16-2-1-9-24(16)11-12-3-5-13(6-4-12)19(25)26/h3-8,10,16H,1-2,9,11H2,(H,25,26). The predicted molar refractivity (Wildman–Crippen MR) is 93.3 cm³/mol. The van der Waals surface area contributed by atoms with E-state index < -0.39 is 11.8 Å². The second-order valence-corrected chi connectivity index (χ2v) is 6.45. The van der Waals surface area contributed by atoms with Crippen LogP contribution < -0.4 is 0 Å². The SMILES string of the molecule is O=C(O)c1ccc(CN2CCCC2c2nc(-c3ccc(F)cn3)no2)cc1. The van der Waals surface area contributed by atoms with Gasteiger partial charge in [0.05, 0.1) is 17.8 Å². The fourth-order valence-electron chi connectivity index (χ4n) is 3.26. The average Bonchev–Trinajstić information content (AvgIpc) is 3.32. The van der Waals surface area contributed by atoms with Gasteiger partial charge in [0.15, 0.2) is 0 Å². The molecule has 1 N–H and O–H groups in total. The Morgan fingerprint density at radius 2 is 2.07 bits per heavy atom. The summed E-state index contributed by atoms with van der Waals surface area (Å²) in [6, 6.07) is 9.66. The minimum absolute atomic E-state index is 0.00847. The Morgan fingerprint density at radius 1 is 1.26 bits per heavy atom. The van der Waals surface area contributed by atoms with Crippen LogP contribution in [-0.4, -0.2) is 37.6 Å². The van der Waals surface area contributed by atoms with E-state index in [4.69, 9.17) is 9.63 Å². The molecule has 3 aromatic rings. The van der Waals surface area contributed by atoms with Gasteiger partial charge in [0.25, 0.3) is 0 Å². The number of likely N-dealkylation sites (tertiary alicyclic amines) is 1. The number of nitrogens with zero attached hydrogens (tertiary/aromatic N) is 4. The molecule has 0 amide bonds. The van der Waals surface area contributed by atoms with Gasteiger partial charge < -0.3 is 9.63 Å². The molecule has 8 heteroatoms. The van der Waals surface area contributed by atoms with Gasteiger partial charge in [-0.1, -0.05) is 17.3 Å². The normalized spacial score (nSPS) is 17.3. The van der Waals surface area contributed by atoms with E-state index >= 15 is 0 Å². The molecule has 0 saturated carbocycles. The molecule has 27 heavy (non-hydrogen) atoms. The van der Waals surface area contributed by atoms with Gasteiger partial charge in [0.2, 0.25) is 11.7 Å². The number of benzene rings is 1. The predicted octanol–water partition coefficient (Wildman–Crippen LogP) is 3.31. The van der Waals surface area contributed by atoms with E-state index in [0.29, 0.717) is 24.0 Å². The number of carbonyl (C=O) groups is 1. The van der Waals surface area contributed by atoms with E-state index in [2.05, 4.69) is 20.0 Å². The molecule has 1 unspecified atom stereocenters. The summed E-state index contributed by atoms with van der Waals surface area (Å²) in [5.74, 6) is -0.509. The Kier molecular flexibility index (Phi) is 4.64. The first-order chi connectivity index (χ1) is 13.1. The van der Waals surface area contributed by atoms with Crippen LogP contribution in [0.15, 0.2) is 47.1 Å².